The molecule has 1 unspecified atom stereocenters. The molecule has 0 saturated carbocycles. The van der Waals surface area contributed by atoms with Gasteiger partial charge in [-0.2, -0.15) is 0 Å². The van der Waals surface area contributed by atoms with Gasteiger partial charge in [0.2, 0.25) is 0 Å². The zero-order valence-electron chi connectivity index (χ0n) is 11.7. The predicted octanol–water partition coefficient (Wildman–Crippen LogP) is 1.30. The molecule has 1 atom stereocenters. The van der Waals surface area contributed by atoms with Crippen LogP contribution in [0.2, 0.25) is 0 Å². The summed E-state index contributed by atoms with van der Waals surface area (Å²) < 4.78 is 14.5. The Hall–Kier alpha value is -2.24. The number of ether oxygens (including phenoxy) is 3. The third-order valence-corrected chi connectivity index (χ3v) is 2.74. The number of methoxy groups -OCH3 is 2. The smallest absolute Gasteiger partial charge is 0.320 e. The van der Waals surface area contributed by atoms with Gasteiger partial charge in [0.05, 0.1) is 20.8 Å². The van der Waals surface area contributed by atoms with E-state index >= 15 is 0 Å². The van der Waals surface area contributed by atoms with Crippen molar-refractivity contribution in [3.8, 4) is 11.5 Å². The molecule has 6 nitrogen and oxygen atoms in total. The van der Waals surface area contributed by atoms with Crippen LogP contribution in [0.3, 0.4) is 0 Å². The Morgan fingerprint density at radius 2 is 1.95 bits per heavy atom. The number of esters is 2. The Labute approximate surface area is 117 Å². The number of phenols is 1. The number of benzene rings is 1. The maximum atomic E-state index is 11.8. The molecular weight excluding hydrogens is 264 g/mol. The van der Waals surface area contributed by atoms with E-state index in [4.69, 9.17) is 9.47 Å². The maximum absolute atomic E-state index is 11.8. The van der Waals surface area contributed by atoms with Crippen molar-refractivity contribution < 1.29 is 28.9 Å². The number of hydrogen-bond donors (Lipinski definition) is 1. The average Bonchev–Trinajstić information content (AvgIpc) is 2.45. The summed E-state index contributed by atoms with van der Waals surface area (Å²) in [4.78, 5) is 23.4. The standard InChI is InChI=1S/C14H18O6/c1-4-20-14(17)10(13(16)19-3)7-9-5-6-11(15)12(8-9)18-2/h5-6,8,10,15H,4,7H2,1-3H3. The Morgan fingerprint density at radius 1 is 1.25 bits per heavy atom. The van der Waals surface area contributed by atoms with E-state index in [0.29, 0.717) is 5.56 Å². The first-order chi connectivity index (χ1) is 9.53. The van der Waals surface area contributed by atoms with Gasteiger partial charge < -0.3 is 19.3 Å². The largest absolute Gasteiger partial charge is 0.504 e. The van der Waals surface area contributed by atoms with Crippen LogP contribution < -0.4 is 4.74 Å². The number of aromatic hydroxyl groups is 1. The van der Waals surface area contributed by atoms with Crippen LogP contribution in [0, 0.1) is 5.92 Å². The monoisotopic (exact) mass is 282 g/mol. The molecule has 1 N–H and O–H groups in total. The highest BCUT2D eigenvalue weighted by molar-refractivity contribution is 5.95. The van der Waals surface area contributed by atoms with Crippen molar-refractivity contribution in [2.45, 2.75) is 13.3 Å². The summed E-state index contributed by atoms with van der Waals surface area (Å²) in [5.41, 5.74) is 0.656. The van der Waals surface area contributed by atoms with Crippen molar-refractivity contribution in [2.24, 2.45) is 5.92 Å². The Balaban J connectivity index is 2.94. The molecule has 0 fully saturated rings. The second kappa shape index (κ2) is 7.37. The van der Waals surface area contributed by atoms with Gasteiger partial charge in [-0.15, -0.1) is 0 Å². The highest BCUT2D eigenvalue weighted by Crippen LogP contribution is 2.27. The van der Waals surface area contributed by atoms with E-state index in [0.717, 1.165) is 0 Å². The average molecular weight is 282 g/mol. The zero-order valence-corrected chi connectivity index (χ0v) is 11.7. The molecule has 0 radical (unpaired) electrons. The minimum atomic E-state index is -1.03. The Kier molecular flexibility index (Phi) is 5.83. The molecule has 0 bridgehead atoms. The van der Waals surface area contributed by atoms with Gasteiger partial charge in [0, 0.05) is 0 Å². The van der Waals surface area contributed by atoms with E-state index in [1.54, 1.807) is 19.1 Å². The van der Waals surface area contributed by atoms with Crippen molar-refractivity contribution >= 4 is 11.9 Å². The van der Waals surface area contributed by atoms with Gasteiger partial charge >= 0.3 is 11.9 Å². The number of phenolic OH excluding ortho intramolecular Hbond substituents is 1. The molecule has 0 spiro atoms. The number of carbonyl (C=O) groups is 2. The molecule has 6 heteroatoms. The molecule has 0 saturated heterocycles. The van der Waals surface area contributed by atoms with E-state index in [2.05, 4.69) is 4.74 Å². The second-order valence-corrected chi connectivity index (χ2v) is 4.04. The van der Waals surface area contributed by atoms with Gasteiger partial charge in [0.25, 0.3) is 0 Å². The molecule has 0 aromatic heterocycles. The van der Waals surface area contributed by atoms with E-state index in [1.165, 1.54) is 20.3 Å². The van der Waals surface area contributed by atoms with E-state index in [1.807, 2.05) is 0 Å². The van der Waals surface area contributed by atoms with Crippen molar-refractivity contribution in [2.75, 3.05) is 20.8 Å². The Morgan fingerprint density at radius 3 is 2.50 bits per heavy atom. The van der Waals surface area contributed by atoms with Gasteiger partial charge in [0.15, 0.2) is 17.4 Å². The summed E-state index contributed by atoms with van der Waals surface area (Å²) in [7, 11) is 2.63. The molecule has 1 rings (SSSR count). The summed E-state index contributed by atoms with van der Waals surface area (Å²) in [6.07, 6.45) is 0.113. The lowest BCUT2D eigenvalue weighted by Gasteiger charge is -2.14. The molecule has 110 valence electrons. The molecule has 1 aromatic rings. The van der Waals surface area contributed by atoms with Crippen LogP contribution in [-0.4, -0.2) is 37.9 Å². The fourth-order valence-electron chi connectivity index (χ4n) is 1.73. The fraction of sp³-hybridized carbons (Fsp3) is 0.429. The predicted molar refractivity (Wildman–Crippen MR) is 70.5 cm³/mol. The summed E-state index contributed by atoms with van der Waals surface area (Å²) in [6, 6.07) is 4.60. The lowest BCUT2D eigenvalue weighted by Crippen LogP contribution is -2.29. The summed E-state index contributed by atoms with van der Waals surface area (Å²) in [5, 5.41) is 9.51. The van der Waals surface area contributed by atoms with Crippen molar-refractivity contribution in [3.05, 3.63) is 23.8 Å². The molecule has 0 amide bonds. The first kappa shape index (κ1) is 15.8. The number of hydrogen-bond acceptors (Lipinski definition) is 6. The quantitative estimate of drug-likeness (QED) is 0.625. The summed E-state index contributed by atoms with van der Waals surface area (Å²) >= 11 is 0. The summed E-state index contributed by atoms with van der Waals surface area (Å²) in [6.45, 7) is 1.85. The van der Waals surface area contributed by atoms with Crippen LogP contribution in [0.5, 0.6) is 11.5 Å². The van der Waals surface area contributed by atoms with Crippen LogP contribution in [0.15, 0.2) is 18.2 Å². The molecule has 0 aliphatic rings. The van der Waals surface area contributed by atoms with Crippen LogP contribution >= 0.6 is 0 Å². The first-order valence-electron chi connectivity index (χ1n) is 6.13. The lowest BCUT2D eigenvalue weighted by molar-refractivity contribution is -0.160. The fourth-order valence-corrected chi connectivity index (χ4v) is 1.73. The van der Waals surface area contributed by atoms with Gasteiger partial charge in [0.1, 0.15) is 0 Å². The highest BCUT2D eigenvalue weighted by Gasteiger charge is 2.29. The van der Waals surface area contributed by atoms with Crippen LogP contribution in [0.25, 0.3) is 0 Å². The van der Waals surface area contributed by atoms with Gasteiger partial charge in [-0.3, -0.25) is 9.59 Å². The molecule has 0 heterocycles. The minimum Gasteiger partial charge on any atom is -0.504 e. The maximum Gasteiger partial charge on any atom is 0.320 e. The highest BCUT2D eigenvalue weighted by atomic mass is 16.5. The Bertz CT molecular complexity index is 483. The van der Waals surface area contributed by atoms with Crippen molar-refractivity contribution in [1.82, 2.24) is 0 Å². The van der Waals surface area contributed by atoms with E-state index in [-0.39, 0.29) is 24.5 Å². The number of carbonyl (C=O) groups excluding carboxylic acids is 2. The third kappa shape index (κ3) is 3.88. The van der Waals surface area contributed by atoms with E-state index < -0.39 is 17.9 Å². The van der Waals surface area contributed by atoms with Crippen molar-refractivity contribution in [1.29, 1.82) is 0 Å². The normalized spacial score (nSPS) is 11.6. The number of rotatable bonds is 6. The molecular formula is C14H18O6. The minimum absolute atomic E-state index is 0.0120. The van der Waals surface area contributed by atoms with Gasteiger partial charge in [-0.05, 0) is 31.0 Å². The zero-order chi connectivity index (χ0) is 15.1. The van der Waals surface area contributed by atoms with Crippen molar-refractivity contribution in [3.63, 3.8) is 0 Å². The third-order valence-electron chi connectivity index (χ3n) is 2.74. The van der Waals surface area contributed by atoms with Gasteiger partial charge in [-0.1, -0.05) is 6.07 Å². The topological polar surface area (TPSA) is 82.1 Å². The molecule has 1 aromatic carbocycles. The molecule has 0 aliphatic carbocycles. The van der Waals surface area contributed by atoms with Crippen LogP contribution in [-0.2, 0) is 25.5 Å². The lowest BCUT2D eigenvalue weighted by atomic mass is 9.99. The summed E-state index contributed by atoms with van der Waals surface area (Å²) in [5.74, 6) is -2.06. The van der Waals surface area contributed by atoms with Gasteiger partial charge in [-0.25, -0.2) is 0 Å². The first-order valence-corrected chi connectivity index (χ1v) is 6.13. The van der Waals surface area contributed by atoms with Crippen LogP contribution in [0.4, 0.5) is 0 Å². The van der Waals surface area contributed by atoms with Crippen LogP contribution in [0.1, 0.15) is 12.5 Å². The molecule has 20 heavy (non-hydrogen) atoms. The second-order valence-electron chi connectivity index (χ2n) is 4.04. The SMILES string of the molecule is CCOC(=O)C(Cc1ccc(O)c(OC)c1)C(=O)OC. The van der Waals surface area contributed by atoms with E-state index in [9.17, 15) is 14.7 Å². The molecule has 0 aliphatic heterocycles.